The Morgan fingerprint density at radius 2 is 1.74 bits per heavy atom. The molecule has 0 fully saturated rings. The molecule has 182 valence electrons. The van der Waals surface area contributed by atoms with Crippen molar-refractivity contribution < 1.29 is 18.7 Å². The van der Waals surface area contributed by atoms with Crippen molar-refractivity contribution in [2.24, 2.45) is 11.0 Å². The first kappa shape index (κ1) is 26.2. The number of benzene rings is 3. The Bertz CT molecular complexity index is 1220. The van der Waals surface area contributed by atoms with E-state index in [9.17, 15) is 14.0 Å². The van der Waals surface area contributed by atoms with Crippen LogP contribution in [0.5, 0.6) is 5.75 Å². The van der Waals surface area contributed by atoms with Crippen LogP contribution in [0, 0.1) is 11.7 Å². The first-order valence-electron chi connectivity index (χ1n) is 10.8. The van der Waals surface area contributed by atoms with Crippen LogP contribution < -0.4 is 15.5 Å². The van der Waals surface area contributed by atoms with Crippen LogP contribution in [0.3, 0.4) is 0 Å². The van der Waals surface area contributed by atoms with Gasteiger partial charge in [0, 0.05) is 11.1 Å². The number of hydrogen-bond acceptors (Lipinski definition) is 4. The average molecular weight is 516 g/mol. The van der Waals surface area contributed by atoms with Crippen molar-refractivity contribution in [3.05, 3.63) is 99.3 Å². The van der Waals surface area contributed by atoms with Crippen LogP contribution in [-0.2, 0) is 11.4 Å². The number of carbonyl (C=O) groups is 2. The molecule has 6 nitrogen and oxygen atoms in total. The number of hydrogen-bond donors (Lipinski definition) is 2. The number of nitrogens with one attached hydrogen (secondary N) is 2. The van der Waals surface area contributed by atoms with Gasteiger partial charge in [0.2, 0.25) is 0 Å². The summed E-state index contributed by atoms with van der Waals surface area (Å²) in [7, 11) is 0. The number of hydrazone groups is 1. The summed E-state index contributed by atoms with van der Waals surface area (Å²) < 4.78 is 19.0. The normalized spacial score (nSPS) is 11.9. The highest BCUT2D eigenvalue weighted by molar-refractivity contribution is 6.42. The highest BCUT2D eigenvalue weighted by atomic mass is 35.5. The second-order valence-corrected chi connectivity index (χ2v) is 8.83. The molecule has 0 bridgehead atoms. The topological polar surface area (TPSA) is 79.8 Å². The second kappa shape index (κ2) is 12.3. The Morgan fingerprint density at radius 1 is 1.03 bits per heavy atom. The van der Waals surface area contributed by atoms with E-state index in [1.807, 2.05) is 18.2 Å². The molecule has 0 saturated carbocycles. The van der Waals surface area contributed by atoms with Crippen molar-refractivity contribution in [3.63, 3.8) is 0 Å². The summed E-state index contributed by atoms with van der Waals surface area (Å²) in [6, 6.07) is 16.7. The van der Waals surface area contributed by atoms with Gasteiger partial charge in [-0.2, -0.15) is 5.10 Å². The summed E-state index contributed by atoms with van der Waals surface area (Å²) in [6.07, 6.45) is 1.46. The zero-order valence-electron chi connectivity index (χ0n) is 19.1. The zero-order chi connectivity index (χ0) is 25.4. The van der Waals surface area contributed by atoms with Crippen LogP contribution in [0.4, 0.5) is 4.39 Å². The summed E-state index contributed by atoms with van der Waals surface area (Å²) in [5.74, 6) is -1.07. The molecule has 0 aromatic heterocycles. The van der Waals surface area contributed by atoms with Gasteiger partial charge in [0.25, 0.3) is 11.8 Å². The third-order valence-electron chi connectivity index (χ3n) is 5.02. The van der Waals surface area contributed by atoms with Gasteiger partial charge in [-0.1, -0.05) is 55.2 Å². The molecule has 0 saturated heterocycles. The number of halogens is 3. The average Bonchev–Trinajstić information content (AvgIpc) is 2.84. The van der Waals surface area contributed by atoms with E-state index in [1.165, 1.54) is 30.5 Å². The Hall–Kier alpha value is -3.42. The Balaban J connectivity index is 1.62. The first-order chi connectivity index (χ1) is 16.7. The lowest BCUT2D eigenvalue weighted by Crippen LogP contribution is -2.48. The Morgan fingerprint density at radius 3 is 2.43 bits per heavy atom. The van der Waals surface area contributed by atoms with Gasteiger partial charge in [0.1, 0.15) is 24.2 Å². The van der Waals surface area contributed by atoms with Crippen LogP contribution in [-0.4, -0.2) is 24.1 Å². The summed E-state index contributed by atoms with van der Waals surface area (Å²) in [5.41, 5.74) is 4.20. The predicted octanol–water partition coefficient (Wildman–Crippen LogP) is 5.62. The molecular weight excluding hydrogens is 492 g/mol. The van der Waals surface area contributed by atoms with Crippen LogP contribution in [0.25, 0.3) is 0 Å². The van der Waals surface area contributed by atoms with Crippen molar-refractivity contribution in [1.29, 1.82) is 0 Å². The summed E-state index contributed by atoms with van der Waals surface area (Å²) in [4.78, 5) is 25.2. The van der Waals surface area contributed by atoms with E-state index in [4.69, 9.17) is 27.9 Å². The fourth-order valence-corrected chi connectivity index (χ4v) is 3.43. The van der Waals surface area contributed by atoms with Crippen molar-refractivity contribution in [2.75, 3.05) is 0 Å². The molecule has 1 unspecified atom stereocenters. The minimum absolute atomic E-state index is 0.212. The monoisotopic (exact) mass is 515 g/mol. The second-order valence-electron chi connectivity index (χ2n) is 8.01. The molecule has 2 N–H and O–H groups in total. The van der Waals surface area contributed by atoms with Crippen molar-refractivity contribution >= 4 is 41.2 Å². The van der Waals surface area contributed by atoms with Crippen molar-refractivity contribution in [1.82, 2.24) is 10.7 Å². The van der Waals surface area contributed by atoms with Gasteiger partial charge >= 0.3 is 0 Å². The quantitative estimate of drug-likeness (QED) is 0.286. The molecule has 3 rings (SSSR count). The third-order valence-corrected chi connectivity index (χ3v) is 5.76. The summed E-state index contributed by atoms with van der Waals surface area (Å²) in [5, 5.41) is 7.61. The number of amides is 2. The smallest absolute Gasteiger partial charge is 0.262 e. The number of ether oxygens (including phenoxy) is 1. The third kappa shape index (κ3) is 7.53. The van der Waals surface area contributed by atoms with E-state index in [1.54, 1.807) is 38.1 Å². The van der Waals surface area contributed by atoms with Crippen LogP contribution in [0.1, 0.15) is 35.3 Å². The molecule has 0 aliphatic rings. The van der Waals surface area contributed by atoms with E-state index in [-0.39, 0.29) is 18.1 Å². The minimum atomic E-state index is -0.842. The molecule has 3 aromatic carbocycles. The van der Waals surface area contributed by atoms with E-state index in [0.29, 0.717) is 21.4 Å². The predicted molar refractivity (Wildman–Crippen MR) is 135 cm³/mol. The van der Waals surface area contributed by atoms with Gasteiger partial charge < -0.3 is 10.1 Å². The molecule has 0 aliphatic carbocycles. The molecule has 3 aromatic rings. The molecule has 35 heavy (non-hydrogen) atoms. The van der Waals surface area contributed by atoms with Crippen molar-refractivity contribution in [2.45, 2.75) is 26.5 Å². The molecule has 1 atom stereocenters. The summed E-state index contributed by atoms with van der Waals surface area (Å²) >= 11 is 12.0. The fraction of sp³-hybridized carbons (Fsp3) is 0.192. The minimum Gasteiger partial charge on any atom is -0.488 e. The van der Waals surface area contributed by atoms with Gasteiger partial charge in [-0.25, -0.2) is 9.82 Å². The van der Waals surface area contributed by atoms with Gasteiger partial charge in [-0.05, 0) is 60.0 Å². The van der Waals surface area contributed by atoms with Gasteiger partial charge in [0.05, 0.1) is 16.3 Å². The van der Waals surface area contributed by atoms with Gasteiger partial charge in [-0.15, -0.1) is 0 Å². The maximum atomic E-state index is 13.1. The molecule has 0 heterocycles. The molecule has 9 heteroatoms. The van der Waals surface area contributed by atoms with Crippen LogP contribution in [0.2, 0.25) is 10.0 Å². The maximum absolute atomic E-state index is 13.1. The van der Waals surface area contributed by atoms with Crippen molar-refractivity contribution in [3.8, 4) is 5.75 Å². The SMILES string of the molecule is CC(C)C(NC(=O)c1ccc(F)cc1)C(=O)N/N=C/c1ccccc1OCc1ccc(Cl)c(Cl)c1. The van der Waals surface area contributed by atoms with Gasteiger partial charge in [-0.3, -0.25) is 9.59 Å². The number of nitrogens with zero attached hydrogens (tertiary/aromatic N) is 1. The molecule has 0 aliphatic heterocycles. The lowest BCUT2D eigenvalue weighted by Gasteiger charge is -2.20. The standard InChI is InChI=1S/C26H24Cl2FN3O3/c1-16(2)24(31-25(33)18-8-10-20(29)11-9-18)26(34)32-30-14-19-5-3-4-6-23(19)35-15-17-7-12-21(27)22(28)13-17/h3-14,16,24H,15H2,1-2H3,(H,31,33)(H,32,34)/b30-14+. The van der Waals surface area contributed by atoms with Crippen LogP contribution in [0.15, 0.2) is 71.8 Å². The lowest BCUT2D eigenvalue weighted by atomic mass is 10.0. The van der Waals surface area contributed by atoms with Crippen LogP contribution >= 0.6 is 23.2 Å². The van der Waals surface area contributed by atoms with E-state index >= 15 is 0 Å². The highest BCUT2D eigenvalue weighted by Crippen LogP contribution is 2.24. The molecule has 0 radical (unpaired) electrons. The highest BCUT2D eigenvalue weighted by Gasteiger charge is 2.24. The summed E-state index contributed by atoms with van der Waals surface area (Å²) in [6.45, 7) is 3.86. The lowest BCUT2D eigenvalue weighted by molar-refractivity contribution is -0.123. The van der Waals surface area contributed by atoms with E-state index < -0.39 is 23.7 Å². The maximum Gasteiger partial charge on any atom is 0.262 e. The number of para-hydroxylation sites is 1. The Labute approximate surface area is 213 Å². The van der Waals surface area contributed by atoms with E-state index in [0.717, 1.165) is 5.56 Å². The molecular formula is C26H24Cl2FN3O3. The fourth-order valence-electron chi connectivity index (χ4n) is 3.10. The Kier molecular flexibility index (Phi) is 9.23. The van der Waals surface area contributed by atoms with Gasteiger partial charge in [0.15, 0.2) is 0 Å². The first-order valence-corrected chi connectivity index (χ1v) is 11.6. The van der Waals surface area contributed by atoms with E-state index in [2.05, 4.69) is 15.8 Å². The molecule has 2 amide bonds. The zero-order valence-corrected chi connectivity index (χ0v) is 20.6. The number of rotatable bonds is 9. The molecule has 0 spiro atoms. The largest absolute Gasteiger partial charge is 0.488 e. The number of carbonyl (C=O) groups excluding carboxylic acids is 2.